The van der Waals surface area contributed by atoms with Crippen LogP contribution in [0.25, 0.3) is 0 Å². The van der Waals surface area contributed by atoms with Crippen LogP contribution in [-0.2, 0) is 0 Å². The summed E-state index contributed by atoms with van der Waals surface area (Å²) in [6.07, 6.45) is 0. The molecule has 1 aromatic heterocycles. The Hall–Kier alpha value is -1.92. The van der Waals surface area contributed by atoms with Crippen molar-refractivity contribution in [2.75, 3.05) is 5.32 Å². The second-order valence-corrected chi connectivity index (χ2v) is 5.18. The molecule has 1 heterocycles. The number of phenolic OH excluding ortho intramolecular Hbond substituents is 1. The largest absolute Gasteiger partial charge is 0.508 e. The Labute approximate surface area is 115 Å². The number of benzene rings is 1. The van der Waals surface area contributed by atoms with E-state index in [0.29, 0.717) is 16.3 Å². The monoisotopic (exact) mass is 277 g/mol. The minimum Gasteiger partial charge on any atom is -0.508 e. The lowest BCUT2D eigenvalue weighted by atomic mass is 10.1. The summed E-state index contributed by atoms with van der Waals surface area (Å²) in [5, 5.41) is 14.5. The fourth-order valence-corrected chi connectivity index (χ4v) is 2.33. The van der Waals surface area contributed by atoms with Crippen LogP contribution in [0.3, 0.4) is 0 Å². The van der Waals surface area contributed by atoms with Crippen LogP contribution in [0.1, 0.15) is 34.6 Å². The summed E-state index contributed by atoms with van der Waals surface area (Å²) in [5.74, 6) is -0.0845. The first kappa shape index (κ1) is 13.5. The van der Waals surface area contributed by atoms with Crippen LogP contribution in [0.2, 0.25) is 0 Å². The predicted octanol–water partition coefficient (Wildman–Crippen LogP) is 2.43. The van der Waals surface area contributed by atoms with Crippen molar-refractivity contribution < 1.29 is 9.90 Å². The standard InChI is InChI=1S/C13H15N3O2S/c1-7-5-9(3-4-11(7)17)12(18)16-13-15-10(6-19-13)8(2)14/h3-6,8,17H,14H2,1-2H3,(H,15,16,18). The Morgan fingerprint density at radius 2 is 2.26 bits per heavy atom. The van der Waals surface area contributed by atoms with Crippen molar-refractivity contribution in [2.45, 2.75) is 19.9 Å². The van der Waals surface area contributed by atoms with Gasteiger partial charge >= 0.3 is 0 Å². The number of aryl methyl sites for hydroxylation is 1. The third-order valence-corrected chi connectivity index (χ3v) is 3.44. The summed E-state index contributed by atoms with van der Waals surface area (Å²) >= 11 is 1.34. The van der Waals surface area contributed by atoms with Crippen LogP contribution in [0.4, 0.5) is 5.13 Å². The molecule has 0 saturated heterocycles. The Bertz CT molecular complexity index is 608. The number of rotatable bonds is 3. The number of carbonyl (C=O) groups is 1. The predicted molar refractivity (Wildman–Crippen MR) is 75.5 cm³/mol. The summed E-state index contributed by atoms with van der Waals surface area (Å²) in [7, 11) is 0. The number of amides is 1. The van der Waals surface area contributed by atoms with Gasteiger partial charge in [-0.3, -0.25) is 10.1 Å². The minimum absolute atomic E-state index is 0.155. The number of phenols is 1. The molecule has 0 radical (unpaired) electrons. The molecule has 2 aromatic rings. The second kappa shape index (κ2) is 5.38. The van der Waals surface area contributed by atoms with Crippen LogP contribution in [0.5, 0.6) is 5.75 Å². The molecule has 0 aliphatic rings. The number of nitrogens with zero attached hydrogens (tertiary/aromatic N) is 1. The van der Waals surface area contributed by atoms with Crippen LogP contribution < -0.4 is 11.1 Å². The number of nitrogens with one attached hydrogen (secondary N) is 1. The lowest BCUT2D eigenvalue weighted by Crippen LogP contribution is -2.12. The van der Waals surface area contributed by atoms with E-state index < -0.39 is 0 Å². The zero-order valence-electron chi connectivity index (χ0n) is 10.7. The summed E-state index contributed by atoms with van der Waals surface area (Å²) < 4.78 is 0. The molecule has 1 atom stereocenters. The molecule has 1 unspecified atom stereocenters. The fourth-order valence-electron chi connectivity index (χ4n) is 1.52. The van der Waals surface area contributed by atoms with E-state index >= 15 is 0 Å². The Kier molecular flexibility index (Phi) is 3.82. The van der Waals surface area contributed by atoms with Crippen molar-refractivity contribution in [1.29, 1.82) is 0 Å². The average molecular weight is 277 g/mol. The van der Waals surface area contributed by atoms with E-state index in [-0.39, 0.29) is 17.7 Å². The van der Waals surface area contributed by atoms with E-state index in [1.165, 1.54) is 17.4 Å². The Morgan fingerprint density at radius 1 is 1.53 bits per heavy atom. The van der Waals surface area contributed by atoms with Gasteiger partial charge in [-0.1, -0.05) is 0 Å². The van der Waals surface area contributed by atoms with Crippen molar-refractivity contribution in [1.82, 2.24) is 4.98 Å². The molecule has 19 heavy (non-hydrogen) atoms. The van der Waals surface area contributed by atoms with Gasteiger partial charge in [0.25, 0.3) is 5.91 Å². The van der Waals surface area contributed by atoms with Crippen molar-refractivity contribution in [2.24, 2.45) is 5.73 Å². The van der Waals surface area contributed by atoms with E-state index in [1.807, 2.05) is 12.3 Å². The minimum atomic E-state index is -0.256. The topological polar surface area (TPSA) is 88.2 Å². The van der Waals surface area contributed by atoms with Gasteiger partial charge in [0.1, 0.15) is 5.75 Å². The number of aromatic nitrogens is 1. The maximum atomic E-state index is 12.0. The summed E-state index contributed by atoms with van der Waals surface area (Å²) in [6, 6.07) is 4.54. The number of carbonyl (C=O) groups excluding carboxylic acids is 1. The van der Waals surface area contributed by atoms with Gasteiger partial charge in [0, 0.05) is 17.0 Å². The molecule has 5 nitrogen and oxygen atoms in total. The molecule has 1 aromatic carbocycles. The molecule has 0 aliphatic heterocycles. The molecule has 6 heteroatoms. The van der Waals surface area contributed by atoms with Gasteiger partial charge < -0.3 is 10.8 Å². The van der Waals surface area contributed by atoms with Gasteiger partial charge in [-0.05, 0) is 37.6 Å². The third kappa shape index (κ3) is 3.10. The summed E-state index contributed by atoms with van der Waals surface area (Å²) in [5.41, 5.74) is 7.60. The highest BCUT2D eigenvalue weighted by molar-refractivity contribution is 7.14. The number of thiazole rings is 1. The van der Waals surface area contributed by atoms with Crippen LogP contribution in [0.15, 0.2) is 23.6 Å². The first-order valence-corrected chi connectivity index (χ1v) is 6.67. The van der Waals surface area contributed by atoms with E-state index in [4.69, 9.17) is 5.73 Å². The third-order valence-electron chi connectivity index (χ3n) is 2.67. The van der Waals surface area contributed by atoms with Gasteiger partial charge in [0.2, 0.25) is 0 Å². The second-order valence-electron chi connectivity index (χ2n) is 4.32. The Balaban J connectivity index is 2.13. The smallest absolute Gasteiger partial charge is 0.257 e. The Morgan fingerprint density at radius 3 is 2.84 bits per heavy atom. The molecule has 2 rings (SSSR count). The highest BCUT2D eigenvalue weighted by Crippen LogP contribution is 2.21. The highest BCUT2D eigenvalue weighted by Gasteiger charge is 2.11. The fraction of sp³-hybridized carbons (Fsp3) is 0.231. The molecule has 0 saturated carbocycles. The highest BCUT2D eigenvalue weighted by atomic mass is 32.1. The van der Waals surface area contributed by atoms with Crippen molar-refractivity contribution in [3.63, 3.8) is 0 Å². The SMILES string of the molecule is Cc1cc(C(=O)Nc2nc(C(C)N)cs2)ccc1O. The maximum absolute atomic E-state index is 12.0. The lowest BCUT2D eigenvalue weighted by Gasteiger charge is -2.04. The van der Waals surface area contributed by atoms with E-state index in [1.54, 1.807) is 19.1 Å². The van der Waals surface area contributed by atoms with Gasteiger partial charge in [-0.2, -0.15) is 0 Å². The number of anilines is 1. The molecular formula is C13H15N3O2S. The zero-order chi connectivity index (χ0) is 14.0. The van der Waals surface area contributed by atoms with Gasteiger partial charge in [-0.25, -0.2) is 4.98 Å². The molecule has 1 amide bonds. The van der Waals surface area contributed by atoms with E-state index in [0.717, 1.165) is 5.69 Å². The lowest BCUT2D eigenvalue weighted by molar-refractivity contribution is 0.102. The molecular weight excluding hydrogens is 262 g/mol. The van der Waals surface area contributed by atoms with E-state index in [2.05, 4.69) is 10.3 Å². The number of hydrogen-bond acceptors (Lipinski definition) is 5. The van der Waals surface area contributed by atoms with Gasteiger partial charge in [-0.15, -0.1) is 11.3 Å². The first-order chi connectivity index (χ1) is 8.97. The molecule has 100 valence electrons. The number of hydrogen-bond donors (Lipinski definition) is 3. The normalized spacial score (nSPS) is 12.2. The maximum Gasteiger partial charge on any atom is 0.257 e. The molecule has 0 aliphatic carbocycles. The van der Waals surface area contributed by atoms with Crippen molar-refractivity contribution >= 4 is 22.4 Å². The summed E-state index contributed by atoms with van der Waals surface area (Å²) in [6.45, 7) is 3.58. The molecule has 0 spiro atoms. The van der Waals surface area contributed by atoms with Gasteiger partial charge in [0.05, 0.1) is 5.69 Å². The van der Waals surface area contributed by atoms with E-state index in [9.17, 15) is 9.90 Å². The van der Waals surface area contributed by atoms with Gasteiger partial charge in [0.15, 0.2) is 5.13 Å². The first-order valence-electron chi connectivity index (χ1n) is 5.79. The van der Waals surface area contributed by atoms with Crippen LogP contribution in [-0.4, -0.2) is 16.0 Å². The van der Waals surface area contributed by atoms with Crippen LogP contribution in [0, 0.1) is 6.92 Å². The zero-order valence-corrected chi connectivity index (χ0v) is 11.5. The van der Waals surface area contributed by atoms with Crippen molar-refractivity contribution in [3.05, 3.63) is 40.4 Å². The molecule has 0 bridgehead atoms. The van der Waals surface area contributed by atoms with Crippen molar-refractivity contribution in [3.8, 4) is 5.75 Å². The average Bonchev–Trinajstić information content (AvgIpc) is 2.81. The quantitative estimate of drug-likeness (QED) is 0.804. The number of nitrogens with two attached hydrogens (primary N) is 1. The number of aromatic hydroxyl groups is 1. The molecule has 4 N–H and O–H groups in total. The molecule has 0 fully saturated rings. The van der Waals surface area contributed by atoms with Crippen LogP contribution >= 0.6 is 11.3 Å². The summed E-state index contributed by atoms with van der Waals surface area (Å²) in [4.78, 5) is 16.2.